The molecular formula is C27H23FN4O4. The van der Waals surface area contributed by atoms with Gasteiger partial charge in [-0.25, -0.2) is 4.39 Å². The number of nitrogens with zero attached hydrogens (tertiary/aromatic N) is 1. The van der Waals surface area contributed by atoms with Crippen LogP contribution in [0, 0.1) is 15.9 Å². The number of hydrogen-bond donors (Lipinski definition) is 3. The second kappa shape index (κ2) is 10.2. The quantitative estimate of drug-likeness (QED) is 0.326. The fourth-order valence-electron chi connectivity index (χ4n) is 4.19. The number of nitrogens with one attached hydrogen (secondary N) is 3. The monoisotopic (exact) mass is 486 g/mol. The van der Waals surface area contributed by atoms with Crippen LogP contribution in [-0.2, 0) is 9.59 Å². The van der Waals surface area contributed by atoms with Gasteiger partial charge in [0, 0.05) is 46.3 Å². The number of para-hydroxylation sites is 1. The Balaban J connectivity index is 1.72. The van der Waals surface area contributed by atoms with Gasteiger partial charge >= 0.3 is 0 Å². The van der Waals surface area contributed by atoms with E-state index in [2.05, 4.69) is 16.0 Å². The van der Waals surface area contributed by atoms with Crippen LogP contribution in [0.2, 0.25) is 0 Å². The average Bonchev–Trinajstić information content (AvgIpc) is 2.85. The molecule has 0 aromatic heterocycles. The number of carbonyl (C=O) groups is 2. The van der Waals surface area contributed by atoms with Gasteiger partial charge in [-0.15, -0.1) is 0 Å². The lowest BCUT2D eigenvalue weighted by atomic mass is 9.79. The fraction of sp³-hybridized carbons (Fsp3) is 0.111. The summed E-state index contributed by atoms with van der Waals surface area (Å²) in [6.45, 7) is 3.45. The number of nitro groups is 1. The first-order chi connectivity index (χ1) is 17.3. The van der Waals surface area contributed by atoms with Crippen molar-refractivity contribution in [2.75, 3.05) is 10.6 Å². The normalized spacial score (nSPS) is 15.2. The molecule has 9 heteroatoms. The molecule has 0 spiro atoms. The molecule has 3 aromatic carbocycles. The first kappa shape index (κ1) is 24.3. The third-order valence-corrected chi connectivity index (χ3v) is 5.84. The number of benzene rings is 3. The standard InChI is InChI=1S/C27H23FN4O4/c1-16-23(26(33)30-19-12-14-20(15-13-19)32(35)36)25(18-8-4-3-5-9-18)24(17(2)29-16)27(34)31-22-11-7-6-10-21(22)28/h3-15,25,29H,1-2H3,(H,30,33)(H,31,34). The maximum Gasteiger partial charge on any atom is 0.269 e. The molecule has 0 radical (unpaired) electrons. The molecule has 1 atom stereocenters. The molecule has 4 rings (SSSR count). The average molecular weight is 487 g/mol. The van der Waals surface area contributed by atoms with Gasteiger partial charge < -0.3 is 16.0 Å². The zero-order chi connectivity index (χ0) is 25.8. The number of anilines is 2. The Morgan fingerprint density at radius 1 is 0.833 bits per heavy atom. The van der Waals surface area contributed by atoms with Gasteiger partial charge in [0.1, 0.15) is 5.82 Å². The maximum atomic E-state index is 14.3. The van der Waals surface area contributed by atoms with E-state index in [4.69, 9.17) is 0 Å². The zero-order valence-corrected chi connectivity index (χ0v) is 19.5. The summed E-state index contributed by atoms with van der Waals surface area (Å²) in [6, 6.07) is 20.4. The van der Waals surface area contributed by atoms with Crippen molar-refractivity contribution in [2.45, 2.75) is 19.8 Å². The van der Waals surface area contributed by atoms with E-state index < -0.39 is 28.5 Å². The van der Waals surface area contributed by atoms with E-state index >= 15 is 0 Å². The number of hydrogen-bond acceptors (Lipinski definition) is 5. The van der Waals surface area contributed by atoms with Crippen molar-refractivity contribution < 1.29 is 18.9 Å². The molecule has 0 aliphatic carbocycles. The van der Waals surface area contributed by atoms with Crippen LogP contribution in [0.1, 0.15) is 25.3 Å². The van der Waals surface area contributed by atoms with Crippen molar-refractivity contribution in [3.8, 4) is 0 Å². The van der Waals surface area contributed by atoms with Gasteiger partial charge in [-0.3, -0.25) is 19.7 Å². The summed E-state index contributed by atoms with van der Waals surface area (Å²) in [5, 5.41) is 19.4. The van der Waals surface area contributed by atoms with Crippen LogP contribution in [0.15, 0.2) is 101 Å². The highest BCUT2D eigenvalue weighted by atomic mass is 19.1. The van der Waals surface area contributed by atoms with Crippen molar-refractivity contribution in [3.05, 3.63) is 123 Å². The molecule has 0 saturated carbocycles. The van der Waals surface area contributed by atoms with E-state index in [0.29, 0.717) is 28.2 Å². The van der Waals surface area contributed by atoms with E-state index in [1.165, 1.54) is 42.5 Å². The minimum atomic E-state index is -0.753. The summed E-state index contributed by atoms with van der Waals surface area (Å²) in [4.78, 5) is 37.4. The Morgan fingerprint density at radius 2 is 1.39 bits per heavy atom. The Morgan fingerprint density at radius 3 is 1.97 bits per heavy atom. The number of nitro benzene ring substituents is 1. The molecule has 182 valence electrons. The minimum Gasteiger partial charge on any atom is -0.362 e. The zero-order valence-electron chi connectivity index (χ0n) is 19.5. The Labute approximate surface area is 206 Å². The number of non-ortho nitro benzene ring substituents is 1. The number of halogens is 1. The number of dihydropyridines is 1. The van der Waals surface area contributed by atoms with Crippen LogP contribution in [0.5, 0.6) is 0 Å². The van der Waals surface area contributed by atoms with Gasteiger partial charge in [-0.2, -0.15) is 0 Å². The lowest BCUT2D eigenvalue weighted by molar-refractivity contribution is -0.384. The topological polar surface area (TPSA) is 113 Å². The highest BCUT2D eigenvalue weighted by molar-refractivity contribution is 6.11. The van der Waals surface area contributed by atoms with Crippen LogP contribution in [0.25, 0.3) is 0 Å². The van der Waals surface area contributed by atoms with Gasteiger partial charge in [-0.1, -0.05) is 42.5 Å². The van der Waals surface area contributed by atoms with Crippen LogP contribution < -0.4 is 16.0 Å². The van der Waals surface area contributed by atoms with Crippen LogP contribution in [-0.4, -0.2) is 16.7 Å². The summed E-state index contributed by atoms with van der Waals surface area (Å²) in [5.74, 6) is -2.36. The van der Waals surface area contributed by atoms with Crippen molar-refractivity contribution in [3.63, 3.8) is 0 Å². The molecule has 1 aliphatic rings. The smallest absolute Gasteiger partial charge is 0.269 e. The number of amides is 2. The SMILES string of the molecule is CC1=C(C(=O)Nc2ccc([N+](=O)[O-])cc2)C(c2ccccc2)C(C(=O)Nc2ccccc2F)=C(C)N1. The number of allylic oxidation sites excluding steroid dienone is 2. The third kappa shape index (κ3) is 5.00. The van der Waals surface area contributed by atoms with Crippen molar-refractivity contribution in [2.24, 2.45) is 0 Å². The molecule has 2 amide bonds. The lowest BCUT2D eigenvalue weighted by Gasteiger charge is -2.31. The van der Waals surface area contributed by atoms with E-state index in [1.54, 1.807) is 32.0 Å². The molecule has 0 fully saturated rings. The van der Waals surface area contributed by atoms with Gasteiger partial charge in [0.25, 0.3) is 17.5 Å². The van der Waals surface area contributed by atoms with Crippen LogP contribution in [0.3, 0.4) is 0 Å². The first-order valence-corrected chi connectivity index (χ1v) is 11.1. The maximum absolute atomic E-state index is 14.3. The summed E-state index contributed by atoms with van der Waals surface area (Å²) >= 11 is 0. The Kier molecular flexibility index (Phi) is 6.91. The van der Waals surface area contributed by atoms with Crippen molar-refractivity contribution in [1.29, 1.82) is 0 Å². The summed E-state index contributed by atoms with van der Waals surface area (Å²) < 4.78 is 14.3. The van der Waals surface area contributed by atoms with Crippen LogP contribution in [0.4, 0.5) is 21.5 Å². The van der Waals surface area contributed by atoms with Crippen molar-refractivity contribution in [1.82, 2.24) is 5.32 Å². The summed E-state index contributed by atoms with van der Waals surface area (Å²) in [6.07, 6.45) is 0. The van der Waals surface area contributed by atoms with E-state index in [-0.39, 0.29) is 16.9 Å². The summed E-state index contributed by atoms with van der Waals surface area (Å²) in [7, 11) is 0. The van der Waals surface area contributed by atoms with Crippen molar-refractivity contribution >= 4 is 28.9 Å². The minimum absolute atomic E-state index is 0.0257. The molecule has 3 aromatic rings. The molecule has 36 heavy (non-hydrogen) atoms. The van der Waals surface area contributed by atoms with Gasteiger partial charge in [-0.05, 0) is 43.7 Å². The van der Waals surface area contributed by atoms with E-state index in [1.807, 2.05) is 18.2 Å². The van der Waals surface area contributed by atoms with Gasteiger partial charge in [0.15, 0.2) is 0 Å². The highest BCUT2D eigenvalue weighted by Crippen LogP contribution is 2.39. The molecule has 1 aliphatic heterocycles. The molecule has 8 nitrogen and oxygen atoms in total. The molecule has 0 saturated heterocycles. The third-order valence-electron chi connectivity index (χ3n) is 5.84. The van der Waals surface area contributed by atoms with E-state index in [9.17, 15) is 24.1 Å². The molecule has 1 unspecified atom stereocenters. The first-order valence-electron chi connectivity index (χ1n) is 11.1. The lowest BCUT2D eigenvalue weighted by Crippen LogP contribution is -2.35. The van der Waals surface area contributed by atoms with Gasteiger partial charge in [0.05, 0.1) is 10.6 Å². The second-order valence-electron chi connectivity index (χ2n) is 8.24. The van der Waals surface area contributed by atoms with Crippen LogP contribution >= 0.6 is 0 Å². The molecule has 3 N–H and O–H groups in total. The predicted octanol–water partition coefficient (Wildman–Crippen LogP) is 5.25. The second-order valence-corrected chi connectivity index (χ2v) is 8.24. The Bertz CT molecular complexity index is 1400. The van der Waals surface area contributed by atoms with Gasteiger partial charge in [0.2, 0.25) is 0 Å². The van der Waals surface area contributed by atoms with E-state index in [0.717, 1.165) is 0 Å². The predicted molar refractivity (Wildman–Crippen MR) is 134 cm³/mol. The number of rotatable bonds is 6. The molecule has 0 bridgehead atoms. The fourth-order valence-corrected chi connectivity index (χ4v) is 4.19. The molecule has 1 heterocycles. The highest BCUT2D eigenvalue weighted by Gasteiger charge is 2.36. The summed E-state index contributed by atoms with van der Waals surface area (Å²) in [5.41, 5.74) is 2.62. The Hall–Kier alpha value is -4.79. The number of carbonyl (C=O) groups excluding carboxylic acids is 2. The largest absolute Gasteiger partial charge is 0.362 e. The molecular weight excluding hydrogens is 463 g/mol.